The minimum absolute atomic E-state index is 0.0372. The minimum Gasteiger partial charge on any atom is -0.480 e. The Bertz CT molecular complexity index is 572. The van der Waals surface area contributed by atoms with Gasteiger partial charge in [0.25, 0.3) is 0 Å². The monoisotopic (exact) mass is 338 g/mol. The third kappa shape index (κ3) is 7.71. The van der Waals surface area contributed by atoms with Crippen molar-refractivity contribution in [3.8, 4) is 0 Å². The zero-order valence-corrected chi connectivity index (χ0v) is 13.9. The summed E-state index contributed by atoms with van der Waals surface area (Å²) in [5.41, 5.74) is 0.642. The summed E-state index contributed by atoms with van der Waals surface area (Å²) in [4.78, 5) is 35.9. The number of carbonyl (C=O) groups excluding carboxylic acids is 2. The predicted molar refractivity (Wildman–Crippen MR) is 86.6 cm³/mol. The van der Waals surface area contributed by atoms with Crippen LogP contribution in [0.1, 0.15) is 38.7 Å². The van der Waals surface area contributed by atoms with Gasteiger partial charge in [0.15, 0.2) is 0 Å². The average Bonchev–Trinajstić information content (AvgIpc) is 2.47. The SMILES string of the molecule is CC(C)NC(=O)CCCC(=O)N(CC(=O)O)Cc1ccc(F)cc1. The van der Waals surface area contributed by atoms with Crippen molar-refractivity contribution < 1.29 is 23.9 Å². The Kier molecular flexibility index (Phi) is 7.88. The van der Waals surface area contributed by atoms with Crippen molar-refractivity contribution in [1.82, 2.24) is 10.2 Å². The van der Waals surface area contributed by atoms with E-state index in [0.717, 1.165) is 0 Å². The molecule has 24 heavy (non-hydrogen) atoms. The van der Waals surface area contributed by atoms with Gasteiger partial charge in [0.05, 0.1) is 0 Å². The lowest BCUT2D eigenvalue weighted by atomic mass is 10.1. The highest BCUT2D eigenvalue weighted by molar-refractivity contribution is 5.82. The van der Waals surface area contributed by atoms with Crippen molar-refractivity contribution in [3.05, 3.63) is 35.6 Å². The topological polar surface area (TPSA) is 86.7 Å². The van der Waals surface area contributed by atoms with Gasteiger partial charge < -0.3 is 15.3 Å². The van der Waals surface area contributed by atoms with Crippen molar-refractivity contribution in [2.75, 3.05) is 6.54 Å². The molecule has 0 spiro atoms. The van der Waals surface area contributed by atoms with E-state index in [2.05, 4.69) is 5.32 Å². The van der Waals surface area contributed by atoms with E-state index >= 15 is 0 Å². The summed E-state index contributed by atoms with van der Waals surface area (Å²) in [5.74, 6) is -2.01. The number of carboxylic acids is 1. The molecule has 0 bridgehead atoms. The second-order valence-electron chi connectivity index (χ2n) is 5.85. The molecule has 132 valence electrons. The van der Waals surface area contributed by atoms with Gasteiger partial charge in [0, 0.05) is 25.4 Å². The molecule has 6 nitrogen and oxygen atoms in total. The maximum Gasteiger partial charge on any atom is 0.323 e. The molecule has 7 heteroatoms. The van der Waals surface area contributed by atoms with Crippen LogP contribution in [0, 0.1) is 5.82 Å². The highest BCUT2D eigenvalue weighted by atomic mass is 19.1. The maximum absolute atomic E-state index is 12.9. The molecular weight excluding hydrogens is 315 g/mol. The summed E-state index contributed by atoms with van der Waals surface area (Å²) in [6, 6.07) is 5.57. The molecule has 0 heterocycles. The van der Waals surface area contributed by atoms with Gasteiger partial charge in [-0.25, -0.2) is 4.39 Å². The number of carbonyl (C=O) groups is 3. The van der Waals surface area contributed by atoms with Crippen LogP contribution in [0.5, 0.6) is 0 Å². The van der Waals surface area contributed by atoms with Gasteiger partial charge in [-0.3, -0.25) is 14.4 Å². The fourth-order valence-electron chi connectivity index (χ4n) is 2.16. The lowest BCUT2D eigenvalue weighted by molar-refractivity contribution is -0.145. The molecule has 1 aromatic carbocycles. The van der Waals surface area contributed by atoms with E-state index in [4.69, 9.17) is 5.11 Å². The lowest BCUT2D eigenvalue weighted by Crippen LogP contribution is -2.35. The summed E-state index contributed by atoms with van der Waals surface area (Å²) in [6.07, 6.45) is 0.637. The summed E-state index contributed by atoms with van der Waals surface area (Å²) in [7, 11) is 0. The van der Waals surface area contributed by atoms with Gasteiger partial charge in [-0.1, -0.05) is 12.1 Å². The van der Waals surface area contributed by atoms with Crippen molar-refractivity contribution >= 4 is 17.8 Å². The first-order valence-electron chi connectivity index (χ1n) is 7.81. The molecular formula is C17H23FN2O4. The normalized spacial score (nSPS) is 10.5. The van der Waals surface area contributed by atoms with Crippen LogP contribution in [0.3, 0.4) is 0 Å². The van der Waals surface area contributed by atoms with E-state index in [9.17, 15) is 18.8 Å². The van der Waals surface area contributed by atoms with Crippen molar-refractivity contribution in [2.24, 2.45) is 0 Å². The zero-order chi connectivity index (χ0) is 18.1. The third-order valence-corrected chi connectivity index (χ3v) is 3.21. The second kappa shape index (κ2) is 9.64. The molecule has 0 radical (unpaired) electrons. The Labute approximate surface area is 140 Å². The van der Waals surface area contributed by atoms with E-state index in [0.29, 0.717) is 12.0 Å². The quantitative estimate of drug-likeness (QED) is 0.720. The smallest absolute Gasteiger partial charge is 0.323 e. The Morgan fingerprint density at radius 2 is 1.79 bits per heavy atom. The first-order valence-corrected chi connectivity index (χ1v) is 7.81. The first-order chi connectivity index (χ1) is 11.3. The summed E-state index contributed by atoms with van der Waals surface area (Å²) >= 11 is 0. The summed E-state index contributed by atoms with van der Waals surface area (Å²) < 4.78 is 12.9. The molecule has 2 amide bonds. The first kappa shape index (κ1) is 19.6. The number of aliphatic carboxylic acids is 1. The lowest BCUT2D eigenvalue weighted by Gasteiger charge is -2.21. The third-order valence-electron chi connectivity index (χ3n) is 3.21. The maximum atomic E-state index is 12.9. The molecule has 0 saturated heterocycles. The van der Waals surface area contributed by atoms with E-state index in [1.807, 2.05) is 13.8 Å². The number of amides is 2. The number of carboxylic acid groups (broad SMARTS) is 1. The molecule has 0 atom stereocenters. The van der Waals surface area contributed by atoms with Crippen LogP contribution in [0.15, 0.2) is 24.3 Å². The predicted octanol–water partition coefficient (Wildman–Crippen LogP) is 1.93. The second-order valence-corrected chi connectivity index (χ2v) is 5.85. The number of benzene rings is 1. The molecule has 1 aromatic rings. The molecule has 0 unspecified atom stereocenters. The standard InChI is InChI=1S/C17H23FN2O4/c1-12(2)19-15(21)4-3-5-16(22)20(11-17(23)24)10-13-6-8-14(18)9-7-13/h6-9,12H,3-5,10-11H2,1-2H3,(H,19,21)(H,23,24). The molecule has 0 aliphatic carbocycles. The number of hydrogen-bond donors (Lipinski definition) is 2. The van der Waals surface area contributed by atoms with Crippen molar-refractivity contribution in [2.45, 2.75) is 45.7 Å². The van der Waals surface area contributed by atoms with Crippen LogP contribution in [-0.2, 0) is 20.9 Å². The molecule has 0 saturated carbocycles. The largest absolute Gasteiger partial charge is 0.480 e. The number of nitrogens with zero attached hydrogens (tertiary/aromatic N) is 1. The molecule has 2 N–H and O–H groups in total. The van der Waals surface area contributed by atoms with Crippen LogP contribution >= 0.6 is 0 Å². The Morgan fingerprint density at radius 3 is 2.33 bits per heavy atom. The van der Waals surface area contributed by atoms with Crippen LogP contribution in [0.2, 0.25) is 0 Å². The van der Waals surface area contributed by atoms with Crippen LogP contribution < -0.4 is 5.32 Å². The number of halogens is 1. The number of rotatable bonds is 9. The van der Waals surface area contributed by atoms with Gasteiger partial charge >= 0.3 is 5.97 Å². The van der Waals surface area contributed by atoms with Crippen LogP contribution in [0.4, 0.5) is 4.39 Å². The zero-order valence-electron chi connectivity index (χ0n) is 13.9. The fourth-order valence-corrected chi connectivity index (χ4v) is 2.16. The minimum atomic E-state index is -1.12. The van der Waals surface area contributed by atoms with Crippen molar-refractivity contribution in [1.29, 1.82) is 0 Å². The van der Waals surface area contributed by atoms with Gasteiger partial charge in [0.1, 0.15) is 12.4 Å². The average molecular weight is 338 g/mol. The van der Waals surface area contributed by atoms with Crippen LogP contribution in [-0.4, -0.2) is 40.4 Å². The Balaban J connectivity index is 2.56. The molecule has 0 fully saturated rings. The molecule has 0 aliphatic heterocycles. The van der Waals surface area contributed by atoms with Gasteiger partial charge in [0.2, 0.25) is 11.8 Å². The van der Waals surface area contributed by atoms with E-state index in [1.54, 1.807) is 0 Å². The Morgan fingerprint density at radius 1 is 1.17 bits per heavy atom. The van der Waals surface area contributed by atoms with E-state index < -0.39 is 18.3 Å². The van der Waals surface area contributed by atoms with Crippen molar-refractivity contribution in [3.63, 3.8) is 0 Å². The van der Waals surface area contributed by atoms with Crippen LogP contribution in [0.25, 0.3) is 0 Å². The van der Waals surface area contributed by atoms with Gasteiger partial charge in [-0.2, -0.15) is 0 Å². The summed E-state index contributed by atoms with van der Waals surface area (Å²) in [6.45, 7) is 3.35. The van der Waals surface area contributed by atoms with Gasteiger partial charge in [-0.15, -0.1) is 0 Å². The van der Waals surface area contributed by atoms with E-state index in [1.165, 1.54) is 29.2 Å². The number of hydrogen-bond acceptors (Lipinski definition) is 3. The number of nitrogens with one attached hydrogen (secondary N) is 1. The van der Waals surface area contributed by atoms with Gasteiger partial charge in [-0.05, 0) is 38.0 Å². The highest BCUT2D eigenvalue weighted by Gasteiger charge is 2.17. The fraction of sp³-hybridized carbons (Fsp3) is 0.471. The summed E-state index contributed by atoms with van der Waals surface area (Å²) in [5, 5.41) is 11.7. The highest BCUT2D eigenvalue weighted by Crippen LogP contribution is 2.09. The Hall–Kier alpha value is -2.44. The molecule has 0 aliphatic rings. The molecule has 1 rings (SSSR count). The van der Waals surface area contributed by atoms with E-state index in [-0.39, 0.29) is 37.2 Å². The molecule has 0 aromatic heterocycles.